The van der Waals surface area contributed by atoms with Crippen molar-refractivity contribution in [1.82, 2.24) is 20.3 Å². The van der Waals surface area contributed by atoms with E-state index in [-0.39, 0.29) is 6.10 Å². The van der Waals surface area contributed by atoms with Gasteiger partial charge in [-0.1, -0.05) is 18.2 Å². The van der Waals surface area contributed by atoms with Gasteiger partial charge in [-0.3, -0.25) is 0 Å². The second kappa shape index (κ2) is 4.86. The van der Waals surface area contributed by atoms with Crippen molar-refractivity contribution in [2.24, 2.45) is 0 Å². The summed E-state index contributed by atoms with van der Waals surface area (Å²) in [7, 11) is 0. The summed E-state index contributed by atoms with van der Waals surface area (Å²) < 4.78 is 6.16. The molecule has 2 aromatic heterocycles. The number of rotatable bonds is 1. The lowest BCUT2D eigenvalue weighted by Crippen LogP contribution is -2.21. The zero-order valence-electron chi connectivity index (χ0n) is 11.8. The van der Waals surface area contributed by atoms with Gasteiger partial charge in [0.25, 0.3) is 0 Å². The Bertz CT molecular complexity index is 796. The molecule has 1 aliphatic heterocycles. The molecule has 2 N–H and O–H groups in total. The van der Waals surface area contributed by atoms with Crippen molar-refractivity contribution in [3.05, 3.63) is 53.5 Å². The van der Waals surface area contributed by atoms with Gasteiger partial charge in [0.1, 0.15) is 17.7 Å². The van der Waals surface area contributed by atoms with Crippen LogP contribution in [0.1, 0.15) is 23.1 Å². The van der Waals surface area contributed by atoms with Crippen LogP contribution in [0.2, 0.25) is 0 Å². The number of nitrogens with zero attached hydrogens (tertiary/aromatic N) is 2. The highest BCUT2D eigenvalue weighted by Crippen LogP contribution is 2.28. The molecule has 0 bridgehead atoms. The number of nitrogens with one attached hydrogen (secondary N) is 2. The number of pyridine rings is 1. The van der Waals surface area contributed by atoms with Crippen LogP contribution >= 0.6 is 0 Å². The summed E-state index contributed by atoms with van der Waals surface area (Å²) >= 11 is 0. The third kappa shape index (κ3) is 2.25. The van der Waals surface area contributed by atoms with Crippen LogP contribution in [0.4, 0.5) is 0 Å². The van der Waals surface area contributed by atoms with E-state index in [0.29, 0.717) is 0 Å². The molecular weight excluding hydrogens is 264 g/mol. The maximum Gasteiger partial charge on any atom is 0.177 e. The minimum absolute atomic E-state index is 0.0471. The average Bonchev–Trinajstić information content (AvgIpc) is 2.73. The molecule has 4 rings (SSSR count). The van der Waals surface area contributed by atoms with Gasteiger partial charge in [-0.15, -0.1) is 0 Å². The summed E-state index contributed by atoms with van der Waals surface area (Å²) in [4.78, 5) is 12.0. The van der Waals surface area contributed by atoms with Crippen LogP contribution < -0.4 is 10.1 Å². The number of H-pyrrole nitrogens is 1. The molecule has 0 saturated carbocycles. The zero-order chi connectivity index (χ0) is 14.2. The zero-order valence-corrected chi connectivity index (χ0v) is 11.8. The van der Waals surface area contributed by atoms with Gasteiger partial charge in [-0.2, -0.15) is 0 Å². The predicted molar refractivity (Wildman–Crippen MR) is 80.1 cm³/mol. The van der Waals surface area contributed by atoms with Crippen molar-refractivity contribution in [2.45, 2.75) is 19.6 Å². The number of benzene rings is 1. The van der Waals surface area contributed by atoms with E-state index in [1.807, 2.05) is 31.3 Å². The summed E-state index contributed by atoms with van der Waals surface area (Å²) in [6, 6.07) is 10.2. The van der Waals surface area contributed by atoms with Gasteiger partial charge in [-0.05, 0) is 19.1 Å². The molecule has 0 fully saturated rings. The number of ether oxygens (including phenoxy) is 1. The monoisotopic (exact) mass is 280 g/mol. The first-order chi connectivity index (χ1) is 10.3. The van der Waals surface area contributed by atoms with Gasteiger partial charge in [0.15, 0.2) is 5.65 Å². The molecule has 0 saturated heterocycles. The van der Waals surface area contributed by atoms with E-state index in [2.05, 4.69) is 32.4 Å². The molecule has 1 aliphatic rings. The molecule has 3 heterocycles. The lowest BCUT2D eigenvalue weighted by atomic mass is 10.1. The Morgan fingerprint density at radius 1 is 1.29 bits per heavy atom. The van der Waals surface area contributed by atoms with E-state index in [4.69, 9.17) is 4.74 Å². The molecule has 5 heteroatoms. The highest BCUT2D eigenvalue weighted by Gasteiger charge is 2.19. The number of fused-ring (bicyclic) bond motifs is 2. The Hall–Kier alpha value is -2.40. The van der Waals surface area contributed by atoms with E-state index < -0.39 is 0 Å². The lowest BCUT2D eigenvalue weighted by Gasteiger charge is -2.17. The maximum absolute atomic E-state index is 6.16. The smallest absolute Gasteiger partial charge is 0.177 e. The third-order valence-corrected chi connectivity index (χ3v) is 3.74. The lowest BCUT2D eigenvalue weighted by molar-refractivity contribution is 0.210. The van der Waals surface area contributed by atoms with Gasteiger partial charge in [0.05, 0.1) is 5.52 Å². The average molecular weight is 280 g/mol. The quantitative estimate of drug-likeness (QED) is 0.719. The largest absolute Gasteiger partial charge is 0.484 e. The molecule has 0 spiro atoms. The van der Waals surface area contributed by atoms with Gasteiger partial charge in [0.2, 0.25) is 0 Å². The number of para-hydroxylation sites is 1. The second-order valence-electron chi connectivity index (χ2n) is 5.31. The highest BCUT2D eigenvalue weighted by atomic mass is 16.5. The first-order valence-corrected chi connectivity index (χ1v) is 7.07. The van der Waals surface area contributed by atoms with Gasteiger partial charge >= 0.3 is 0 Å². The molecule has 0 amide bonds. The Labute approximate surface area is 122 Å². The minimum atomic E-state index is -0.0471. The fourth-order valence-electron chi connectivity index (χ4n) is 2.70. The highest BCUT2D eigenvalue weighted by molar-refractivity contribution is 5.71. The SMILES string of the molecule is Cc1nc2ncc(C3CNCc4ccccc4O3)cc2[nH]1. The molecule has 0 radical (unpaired) electrons. The van der Waals surface area contributed by atoms with E-state index in [1.54, 1.807) is 0 Å². The predicted octanol–water partition coefficient (Wildman–Crippen LogP) is 2.49. The first kappa shape index (κ1) is 12.3. The minimum Gasteiger partial charge on any atom is -0.484 e. The molecule has 5 nitrogen and oxygen atoms in total. The Morgan fingerprint density at radius 3 is 3.14 bits per heavy atom. The van der Waals surface area contributed by atoms with E-state index in [9.17, 15) is 0 Å². The summed E-state index contributed by atoms with van der Waals surface area (Å²) in [5, 5.41) is 3.43. The Balaban J connectivity index is 1.71. The van der Waals surface area contributed by atoms with Crippen LogP contribution in [0.3, 0.4) is 0 Å². The molecule has 21 heavy (non-hydrogen) atoms. The van der Waals surface area contributed by atoms with Crippen LogP contribution in [0, 0.1) is 6.92 Å². The Morgan fingerprint density at radius 2 is 2.19 bits per heavy atom. The van der Waals surface area contributed by atoms with Crippen molar-refractivity contribution in [3.63, 3.8) is 0 Å². The van der Waals surface area contributed by atoms with E-state index in [0.717, 1.165) is 41.4 Å². The molecular formula is C16H16N4O. The topological polar surface area (TPSA) is 62.8 Å². The molecule has 106 valence electrons. The first-order valence-electron chi connectivity index (χ1n) is 7.07. The molecule has 1 aromatic carbocycles. The normalized spacial score (nSPS) is 18.0. The number of hydrogen-bond donors (Lipinski definition) is 2. The maximum atomic E-state index is 6.16. The summed E-state index contributed by atoms with van der Waals surface area (Å²) in [5.74, 6) is 1.81. The van der Waals surface area contributed by atoms with Gasteiger partial charge in [0, 0.05) is 30.4 Å². The second-order valence-corrected chi connectivity index (χ2v) is 5.31. The number of aromatic amines is 1. The molecule has 1 atom stereocenters. The molecule has 0 aliphatic carbocycles. The summed E-state index contributed by atoms with van der Waals surface area (Å²) in [5.41, 5.74) is 3.94. The van der Waals surface area contributed by atoms with Crippen molar-refractivity contribution in [3.8, 4) is 5.75 Å². The number of aryl methyl sites for hydroxylation is 1. The van der Waals surface area contributed by atoms with Crippen LogP contribution in [-0.4, -0.2) is 21.5 Å². The molecule has 1 unspecified atom stereocenters. The van der Waals surface area contributed by atoms with Crippen molar-refractivity contribution in [2.75, 3.05) is 6.54 Å². The van der Waals surface area contributed by atoms with E-state index in [1.165, 1.54) is 5.56 Å². The van der Waals surface area contributed by atoms with Crippen molar-refractivity contribution >= 4 is 11.2 Å². The van der Waals surface area contributed by atoms with Crippen molar-refractivity contribution in [1.29, 1.82) is 0 Å². The number of hydrogen-bond acceptors (Lipinski definition) is 4. The van der Waals surface area contributed by atoms with Crippen LogP contribution in [0.15, 0.2) is 36.5 Å². The van der Waals surface area contributed by atoms with Crippen LogP contribution in [0.5, 0.6) is 5.75 Å². The van der Waals surface area contributed by atoms with E-state index >= 15 is 0 Å². The van der Waals surface area contributed by atoms with Crippen LogP contribution in [0.25, 0.3) is 11.2 Å². The fraction of sp³-hybridized carbons (Fsp3) is 0.250. The summed E-state index contributed by atoms with van der Waals surface area (Å²) in [6.45, 7) is 3.52. The third-order valence-electron chi connectivity index (χ3n) is 3.74. The Kier molecular flexibility index (Phi) is 2.86. The standard InChI is InChI=1S/C16H16N4O/c1-10-19-13-6-12(8-18-16(13)20-10)15-9-17-7-11-4-2-3-5-14(11)21-15/h2-6,8,15,17H,7,9H2,1H3,(H,18,19,20). The summed E-state index contributed by atoms with van der Waals surface area (Å²) in [6.07, 6.45) is 1.80. The molecule has 3 aromatic rings. The van der Waals surface area contributed by atoms with Gasteiger partial charge in [-0.25, -0.2) is 9.97 Å². The number of aromatic nitrogens is 3. The van der Waals surface area contributed by atoms with Crippen molar-refractivity contribution < 1.29 is 4.74 Å². The van der Waals surface area contributed by atoms with Crippen LogP contribution in [-0.2, 0) is 6.54 Å². The number of imidazole rings is 1. The van der Waals surface area contributed by atoms with Gasteiger partial charge < -0.3 is 15.0 Å². The fourth-order valence-corrected chi connectivity index (χ4v) is 2.70.